The molecule has 0 aliphatic heterocycles. The summed E-state index contributed by atoms with van der Waals surface area (Å²) in [7, 11) is -3.21. The third-order valence-corrected chi connectivity index (χ3v) is 5.95. The third kappa shape index (κ3) is 7.47. The predicted octanol–water partition coefficient (Wildman–Crippen LogP) is 1.71. The van der Waals surface area contributed by atoms with Gasteiger partial charge in [0.1, 0.15) is 5.25 Å². The Morgan fingerprint density at radius 1 is 1.39 bits per heavy atom. The first-order valence-electron chi connectivity index (χ1n) is 7.02. The molecule has 0 saturated carbocycles. The number of sulfonamides is 1. The fourth-order valence-electron chi connectivity index (χ4n) is 1.75. The highest BCUT2D eigenvalue weighted by Crippen LogP contribution is 2.18. The van der Waals surface area contributed by atoms with Gasteiger partial charge in [-0.25, -0.2) is 13.1 Å². The highest BCUT2D eigenvalue weighted by molar-refractivity contribution is 7.99. The van der Waals surface area contributed by atoms with Gasteiger partial charge in [-0.1, -0.05) is 6.92 Å². The van der Waals surface area contributed by atoms with E-state index in [-0.39, 0.29) is 30.2 Å². The van der Waals surface area contributed by atoms with Crippen LogP contribution in [0.15, 0.2) is 12.1 Å². The third-order valence-electron chi connectivity index (χ3n) is 2.94. The smallest absolute Gasteiger partial charge is 0.319 e. The van der Waals surface area contributed by atoms with E-state index in [9.17, 15) is 18.0 Å². The largest absolute Gasteiger partial charge is 0.456 e. The lowest BCUT2D eigenvalue weighted by molar-refractivity contribution is -0.141. The molecule has 0 aliphatic carbocycles. The maximum absolute atomic E-state index is 12.0. The molecule has 23 heavy (non-hydrogen) atoms. The van der Waals surface area contributed by atoms with E-state index in [1.165, 1.54) is 23.1 Å². The second kappa shape index (κ2) is 9.41. The van der Waals surface area contributed by atoms with Crippen molar-refractivity contribution >= 4 is 44.9 Å². The van der Waals surface area contributed by atoms with Crippen LogP contribution in [0.25, 0.3) is 0 Å². The Morgan fingerprint density at radius 2 is 2.09 bits per heavy atom. The van der Waals surface area contributed by atoms with Gasteiger partial charge in [-0.15, -0.1) is 11.3 Å². The van der Waals surface area contributed by atoms with E-state index in [2.05, 4.69) is 4.72 Å². The van der Waals surface area contributed by atoms with Crippen LogP contribution < -0.4 is 4.72 Å². The van der Waals surface area contributed by atoms with Crippen molar-refractivity contribution in [2.24, 2.45) is 0 Å². The number of ketones is 1. The Hall–Kier alpha value is -0.900. The summed E-state index contributed by atoms with van der Waals surface area (Å²) in [6.07, 6.45) is 4.09. The van der Waals surface area contributed by atoms with Crippen molar-refractivity contribution in [1.82, 2.24) is 4.72 Å². The monoisotopic (exact) mass is 379 g/mol. The summed E-state index contributed by atoms with van der Waals surface area (Å²) >= 11 is 2.68. The molecule has 0 fully saturated rings. The van der Waals surface area contributed by atoms with Gasteiger partial charge in [0, 0.05) is 11.4 Å². The molecule has 0 amide bonds. The molecular formula is C14H21NO5S3. The van der Waals surface area contributed by atoms with Crippen LogP contribution in [0.1, 0.15) is 27.9 Å². The number of esters is 1. The number of rotatable bonds is 10. The molecule has 0 spiro atoms. The van der Waals surface area contributed by atoms with Gasteiger partial charge < -0.3 is 4.74 Å². The van der Waals surface area contributed by atoms with Crippen LogP contribution >= 0.6 is 23.1 Å². The van der Waals surface area contributed by atoms with Gasteiger partial charge in [-0.05, 0) is 31.2 Å². The van der Waals surface area contributed by atoms with Gasteiger partial charge in [0.15, 0.2) is 6.61 Å². The van der Waals surface area contributed by atoms with Gasteiger partial charge in [0.2, 0.25) is 15.8 Å². The summed E-state index contributed by atoms with van der Waals surface area (Å²) in [5.41, 5.74) is 0. The maximum atomic E-state index is 12.0. The van der Waals surface area contributed by atoms with Crippen molar-refractivity contribution in [3.8, 4) is 0 Å². The first-order valence-corrected chi connectivity index (χ1v) is 11.0. The highest BCUT2D eigenvalue weighted by Gasteiger charge is 2.19. The molecular weight excluding hydrogens is 358 g/mol. The highest BCUT2D eigenvalue weighted by atomic mass is 32.2. The fourth-order valence-corrected chi connectivity index (χ4v) is 3.75. The SMILES string of the molecule is CC[C@H](SC)C(=O)OCC(=O)c1ccc(CCNS(C)(=O)=O)s1. The van der Waals surface area contributed by atoms with E-state index in [1.807, 2.05) is 13.2 Å². The first kappa shape index (κ1) is 20.1. The molecule has 1 atom stereocenters. The van der Waals surface area contributed by atoms with E-state index in [0.29, 0.717) is 17.7 Å². The van der Waals surface area contributed by atoms with Crippen LogP contribution in [0.4, 0.5) is 0 Å². The minimum atomic E-state index is -3.21. The molecule has 1 aromatic heterocycles. The Kier molecular flexibility index (Phi) is 8.24. The number of thiophene rings is 1. The number of thioether (sulfide) groups is 1. The summed E-state index contributed by atoms with van der Waals surface area (Å²) in [5, 5.41) is -0.247. The lowest BCUT2D eigenvalue weighted by atomic mass is 10.3. The maximum Gasteiger partial charge on any atom is 0.319 e. The second-order valence-electron chi connectivity index (χ2n) is 4.85. The van der Waals surface area contributed by atoms with Crippen LogP contribution in [-0.4, -0.2) is 51.1 Å². The van der Waals surface area contributed by atoms with E-state index in [4.69, 9.17) is 4.74 Å². The summed E-state index contributed by atoms with van der Waals surface area (Å²) in [4.78, 5) is 25.1. The number of carbonyl (C=O) groups is 2. The minimum absolute atomic E-state index is 0.247. The summed E-state index contributed by atoms with van der Waals surface area (Å²) in [6, 6.07) is 3.45. The number of hydrogen-bond donors (Lipinski definition) is 1. The van der Waals surface area contributed by atoms with Crippen molar-refractivity contribution < 1.29 is 22.7 Å². The number of hydrogen-bond acceptors (Lipinski definition) is 7. The summed E-state index contributed by atoms with van der Waals surface area (Å²) in [5.74, 6) is -0.621. The summed E-state index contributed by atoms with van der Waals surface area (Å²) < 4.78 is 29.4. The Balaban J connectivity index is 2.47. The summed E-state index contributed by atoms with van der Waals surface area (Å²) in [6.45, 7) is 1.91. The zero-order valence-corrected chi connectivity index (χ0v) is 15.8. The molecule has 1 rings (SSSR count). The molecule has 0 aromatic carbocycles. The van der Waals surface area contributed by atoms with E-state index < -0.39 is 10.0 Å². The van der Waals surface area contributed by atoms with Crippen LogP contribution in [-0.2, 0) is 26.0 Å². The molecule has 9 heteroatoms. The molecule has 1 heterocycles. The zero-order valence-electron chi connectivity index (χ0n) is 13.3. The van der Waals surface area contributed by atoms with Crippen LogP contribution in [0.2, 0.25) is 0 Å². The predicted molar refractivity (Wildman–Crippen MR) is 93.8 cm³/mol. The van der Waals surface area contributed by atoms with Crippen molar-refractivity contribution in [3.05, 3.63) is 21.9 Å². The van der Waals surface area contributed by atoms with Crippen molar-refractivity contribution in [2.75, 3.05) is 25.7 Å². The van der Waals surface area contributed by atoms with E-state index in [0.717, 1.165) is 11.1 Å². The molecule has 0 radical (unpaired) electrons. The molecule has 0 aliphatic rings. The van der Waals surface area contributed by atoms with Gasteiger partial charge in [0.25, 0.3) is 0 Å². The number of nitrogens with one attached hydrogen (secondary N) is 1. The number of ether oxygens (including phenoxy) is 1. The Bertz CT molecular complexity index is 635. The van der Waals surface area contributed by atoms with Crippen molar-refractivity contribution in [1.29, 1.82) is 0 Å². The van der Waals surface area contributed by atoms with Gasteiger partial charge in [-0.3, -0.25) is 9.59 Å². The Morgan fingerprint density at radius 3 is 2.65 bits per heavy atom. The second-order valence-corrected chi connectivity index (χ2v) is 8.89. The van der Waals surface area contributed by atoms with Crippen LogP contribution in [0, 0.1) is 0 Å². The van der Waals surface area contributed by atoms with Crippen molar-refractivity contribution in [3.63, 3.8) is 0 Å². The lowest BCUT2D eigenvalue weighted by Gasteiger charge is -2.10. The average molecular weight is 380 g/mol. The average Bonchev–Trinajstić information content (AvgIpc) is 2.93. The molecule has 6 nitrogen and oxygen atoms in total. The standard InChI is InChI=1S/C14H21NO5S3/c1-4-12(21-2)14(17)20-9-11(16)13-6-5-10(22-13)7-8-15-23(3,18)19/h5-6,12,15H,4,7-9H2,1-3H3/t12-/m0/s1. The normalized spacial score (nSPS) is 12.8. The molecule has 1 aromatic rings. The van der Waals surface area contributed by atoms with Gasteiger partial charge in [-0.2, -0.15) is 11.8 Å². The lowest BCUT2D eigenvalue weighted by Crippen LogP contribution is -2.24. The quantitative estimate of drug-likeness (QED) is 0.492. The topological polar surface area (TPSA) is 89.5 Å². The van der Waals surface area contributed by atoms with Gasteiger partial charge >= 0.3 is 5.97 Å². The minimum Gasteiger partial charge on any atom is -0.456 e. The first-order chi connectivity index (χ1) is 10.8. The Labute approximate surface area is 145 Å². The molecule has 130 valence electrons. The number of Topliss-reactive ketones (excluding diaryl/α,β-unsaturated/α-hetero) is 1. The number of carbonyl (C=O) groups excluding carboxylic acids is 2. The van der Waals surface area contributed by atoms with Crippen LogP contribution in [0.3, 0.4) is 0 Å². The van der Waals surface area contributed by atoms with E-state index in [1.54, 1.807) is 12.1 Å². The van der Waals surface area contributed by atoms with Gasteiger partial charge in [0.05, 0.1) is 11.1 Å². The fraction of sp³-hybridized carbons (Fsp3) is 0.571. The van der Waals surface area contributed by atoms with E-state index >= 15 is 0 Å². The molecule has 0 bridgehead atoms. The molecule has 0 saturated heterocycles. The molecule has 1 N–H and O–H groups in total. The molecule has 0 unspecified atom stereocenters. The van der Waals surface area contributed by atoms with Crippen LogP contribution in [0.5, 0.6) is 0 Å². The zero-order chi connectivity index (χ0) is 17.5. The van der Waals surface area contributed by atoms with Crippen molar-refractivity contribution in [2.45, 2.75) is 25.0 Å².